The Kier molecular flexibility index (Phi) is 4.76. The van der Waals surface area contributed by atoms with Gasteiger partial charge in [-0.05, 0) is 18.4 Å². The number of aryl methyl sites for hydroxylation is 1. The maximum Gasteiger partial charge on any atom is 0.222 e. The van der Waals surface area contributed by atoms with Gasteiger partial charge in [0.1, 0.15) is 0 Å². The van der Waals surface area contributed by atoms with Crippen LogP contribution in [0.4, 0.5) is 0 Å². The van der Waals surface area contributed by atoms with Gasteiger partial charge in [0.2, 0.25) is 5.91 Å². The number of rotatable bonds is 7. The van der Waals surface area contributed by atoms with Crippen molar-refractivity contribution in [3.8, 4) is 0 Å². The van der Waals surface area contributed by atoms with Crippen LogP contribution in [0.15, 0.2) is 30.3 Å². The minimum atomic E-state index is 0.235. The van der Waals surface area contributed by atoms with Crippen molar-refractivity contribution in [1.29, 1.82) is 0 Å². The molecule has 0 aromatic heterocycles. The number of amides is 1. The van der Waals surface area contributed by atoms with E-state index in [1.54, 1.807) is 0 Å². The fourth-order valence-electron chi connectivity index (χ4n) is 2.08. The molecule has 0 N–H and O–H groups in total. The van der Waals surface area contributed by atoms with E-state index in [0.717, 1.165) is 32.5 Å². The Labute approximate surface area is 109 Å². The lowest BCUT2D eigenvalue weighted by Crippen LogP contribution is -2.34. The quantitative estimate of drug-likeness (QED) is 0.692. The molecule has 2 rings (SSSR count). The number of carbonyl (C=O) groups is 1. The summed E-state index contributed by atoms with van der Waals surface area (Å²) in [5.74, 6) is 0.235. The zero-order valence-electron chi connectivity index (χ0n) is 11.0. The van der Waals surface area contributed by atoms with Crippen molar-refractivity contribution in [2.75, 3.05) is 19.7 Å². The second kappa shape index (κ2) is 6.55. The third-order valence-electron chi connectivity index (χ3n) is 3.22. The molecule has 1 fully saturated rings. The highest BCUT2D eigenvalue weighted by Crippen LogP contribution is 2.12. The molecule has 1 saturated heterocycles. The van der Waals surface area contributed by atoms with E-state index in [2.05, 4.69) is 24.3 Å². The molecule has 1 aliphatic heterocycles. The molecular formula is C15H21NO2. The predicted molar refractivity (Wildman–Crippen MR) is 71.4 cm³/mol. The summed E-state index contributed by atoms with van der Waals surface area (Å²) in [5, 5.41) is 0. The van der Waals surface area contributed by atoms with Crippen molar-refractivity contribution in [3.05, 3.63) is 35.9 Å². The van der Waals surface area contributed by atoms with Crippen LogP contribution in [0.1, 0.15) is 25.3 Å². The van der Waals surface area contributed by atoms with E-state index in [1.165, 1.54) is 5.56 Å². The average Bonchev–Trinajstić information content (AvgIpc) is 3.22. The standard InChI is InChI=1S/C15H21NO2/c1-2-15(17)16(11-14-12-18-14)10-6-9-13-7-4-3-5-8-13/h3-5,7-8,14H,2,6,9-12H2,1H3. The topological polar surface area (TPSA) is 32.8 Å². The second-order valence-electron chi connectivity index (χ2n) is 4.74. The summed E-state index contributed by atoms with van der Waals surface area (Å²) in [6.45, 7) is 4.33. The first-order valence-electron chi connectivity index (χ1n) is 6.73. The normalized spacial score (nSPS) is 17.5. The molecule has 0 radical (unpaired) electrons. The molecule has 1 aromatic rings. The van der Waals surface area contributed by atoms with Gasteiger partial charge < -0.3 is 9.64 Å². The summed E-state index contributed by atoms with van der Waals surface area (Å²) in [6, 6.07) is 10.4. The highest BCUT2D eigenvalue weighted by Gasteiger charge is 2.26. The molecule has 1 heterocycles. The Hall–Kier alpha value is -1.35. The zero-order valence-corrected chi connectivity index (χ0v) is 11.0. The lowest BCUT2D eigenvalue weighted by molar-refractivity contribution is -0.131. The van der Waals surface area contributed by atoms with Crippen LogP contribution in [-0.2, 0) is 16.0 Å². The molecular weight excluding hydrogens is 226 g/mol. The van der Waals surface area contributed by atoms with Gasteiger partial charge in [0, 0.05) is 19.5 Å². The van der Waals surface area contributed by atoms with E-state index < -0.39 is 0 Å². The first-order chi connectivity index (χ1) is 8.79. The van der Waals surface area contributed by atoms with Gasteiger partial charge in [-0.3, -0.25) is 4.79 Å². The number of ether oxygens (including phenoxy) is 1. The fraction of sp³-hybridized carbons (Fsp3) is 0.533. The Balaban J connectivity index is 1.76. The molecule has 0 saturated carbocycles. The molecule has 3 heteroatoms. The Morgan fingerprint density at radius 3 is 2.72 bits per heavy atom. The summed E-state index contributed by atoms with van der Waals surface area (Å²) in [4.78, 5) is 13.7. The monoisotopic (exact) mass is 247 g/mol. The molecule has 1 aliphatic rings. The Morgan fingerprint density at radius 1 is 1.39 bits per heavy atom. The number of hydrogen-bond acceptors (Lipinski definition) is 2. The SMILES string of the molecule is CCC(=O)N(CCCc1ccccc1)CC1CO1. The molecule has 1 aromatic carbocycles. The number of epoxide rings is 1. The van der Waals surface area contributed by atoms with E-state index in [1.807, 2.05) is 17.9 Å². The van der Waals surface area contributed by atoms with Crippen LogP contribution in [0.3, 0.4) is 0 Å². The summed E-state index contributed by atoms with van der Waals surface area (Å²) in [7, 11) is 0. The lowest BCUT2D eigenvalue weighted by atomic mass is 10.1. The molecule has 0 aliphatic carbocycles. The van der Waals surface area contributed by atoms with Crippen LogP contribution in [0.5, 0.6) is 0 Å². The maximum atomic E-state index is 11.8. The summed E-state index contributed by atoms with van der Waals surface area (Å²) >= 11 is 0. The number of carbonyl (C=O) groups excluding carboxylic acids is 1. The van der Waals surface area contributed by atoms with E-state index in [4.69, 9.17) is 4.74 Å². The first kappa shape index (κ1) is 13.1. The third kappa shape index (κ3) is 4.15. The van der Waals surface area contributed by atoms with E-state index >= 15 is 0 Å². The largest absolute Gasteiger partial charge is 0.371 e. The van der Waals surface area contributed by atoms with E-state index in [9.17, 15) is 4.79 Å². The molecule has 3 nitrogen and oxygen atoms in total. The predicted octanol–water partition coefficient (Wildman–Crippen LogP) is 2.26. The van der Waals surface area contributed by atoms with Crippen LogP contribution in [0, 0.1) is 0 Å². The number of benzene rings is 1. The van der Waals surface area contributed by atoms with Crippen LogP contribution in [0.2, 0.25) is 0 Å². The van der Waals surface area contributed by atoms with Gasteiger partial charge in [0.25, 0.3) is 0 Å². The Morgan fingerprint density at radius 2 is 2.11 bits per heavy atom. The highest BCUT2D eigenvalue weighted by molar-refractivity contribution is 5.75. The highest BCUT2D eigenvalue weighted by atomic mass is 16.6. The van der Waals surface area contributed by atoms with Crippen LogP contribution < -0.4 is 0 Å². The fourth-order valence-corrected chi connectivity index (χ4v) is 2.08. The lowest BCUT2D eigenvalue weighted by Gasteiger charge is -2.21. The summed E-state index contributed by atoms with van der Waals surface area (Å²) < 4.78 is 5.20. The average molecular weight is 247 g/mol. The van der Waals surface area contributed by atoms with Gasteiger partial charge in [-0.15, -0.1) is 0 Å². The maximum absolute atomic E-state index is 11.8. The molecule has 1 unspecified atom stereocenters. The van der Waals surface area contributed by atoms with Crippen molar-refractivity contribution in [2.45, 2.75) is 32.3 Å². The van der Waals surface area contributed by atoms with Crippen molar-refractivity contribution < 1.29 is 9.53 Å². The molecule has 1 atom stereocenters. The molecule has 0 spiro atoms. The summed E-state index contributed by atoms with van der Waals surface area (Å²) in [6.07, 6.45) is 2.91. The second-order valence-corrected chi connectivity index (χ2v) is 4.74. The molecule has 18 heavy (non-hydrogen) atoms. The number of hydrogen-bond donors (Lipinski definition) is 0. The van der Waals surface area contributed by atoms with E-state index in [0.29, 0.717) is 6.42 Å². The van der Waals surface area contributed by atoms with Gasteiger partial charge in [-0.25, -0.2) is 0 Å². The summed E-state index contributed by atoms with van der Waals surface area (Å²) in [5.41, 5.74) is 1.34. The van der Waals surface area contributed by atoms with Crippen LogP contribution in [-0.4, -0.2) is 36.6 Å². The number of nitrogens with zero attached hydrogens (tertiary/aromatic N) is 1. The van der Waals surface area contributed by atoms with Crippen molar-refractivity contribution in [3.63, 3.8) is 0 Å². The third-order valence-corrected chi connectivity index (χ3v) is 3.22. The van der Waals surface area contributed by atoms with E-state index in [-0.39, 0.29) is 12.0 Å². The zero-order chi connectivity index (χ0) is 12.8. The molecule has 0 bridgehead atoms. The Bertz CT molecular complexity index is 373. The van der Waals surface area contributed by atoms with Gasteiger partial charge in [-0.2, -0.15) is 0 Å². The minimum absolute atomic E-state index is 0.235. The van der Waals surface area contributed by atoms with Crippen LogP contribution in [0.25, 0.3) is 0 Å². The van der Waals surface area contributed by atoms with Crippen molar-refractivity contribution >= 4 is 5.91 Å². The molecule has 98 valence electrons. The first-order valence-corrected chi connectivity index (χ1v) is 6.73. The minimum Gasteiger partial charge on any atom is -0.371 e. The van der Waals surface area contributed by atoms with Gasteiger partial charge >= 0.3 is 0 Å². The van der Waals surface area contributed by atoms with Crippen molar-refractivity contribution in [2.24, 2.45) is 0 Å². The van der Waals surface area contributed by atoms with Gasteiger partial charge in [0.05, 0.1) is 12.7 Å². The molecule has 1 amide bonds. The van der Waals surface area contributed by atoms with Crippen molar-refractivity contribution in [1.82, 2.24) is 4.90 Å². The van der Waals surface area contributed by atoms with Crippen LogP contribution >= 0.6 is 0 Å². The van der Waals surface area contributed by atoms with Gasteiger partial charge in [-0.1, -0.05) is 37.3 Å². The smallest absolute Gasteiger partial charge is 0.222 e. The van der Waals surface area contributed by atoms with Gasteiger partial charge in [0.15, 0.2) is 0 Å².